The van der Waals surface area contributed by atoms with Crippen LogP contribution in [0.4, 0.5) is 11.4 Å². The largest absolute Gasteiger partial charge is 0.326 e. The topological polar surface area (TPSA) is 58.2 Å². The third-order valence-electron chi connectivity index (χ3n) is 3.01. The van der Waals surface area contributed by atoms with Crippen LogP contribution in [0.5, 0.6) is 0 Å². The first-order valence-electron chi connectivity index (χ1n) is 7.00. The summed E-state index contributed by atoms with van der Waals surface area (Å²) in [6.07, 6.45) is 0. The van der Waals surface area contributed by atoms with Crippen LogP contribution in [0.1, 0.15) is 12.5 Å². The van der Waals surface area contributed by atoms with E-state index in [0.717, 1.165) is 26.3 Å². The van der Waals surface area contributed by atoms with Crippen LogP contribution in [0.3, 0.4) is 0 Å². The van der Waals surface area contributed by atoms with Crippen LogP contribution in [0, 0.1) is 6.92 Å². The monoisotopic (exact) mass is 392 g/mol. The summed E-state index contributed by atoms with van der Waals surface area (Å²) >= 11 is 4.85. The summed E-state index contributed by atoms with van der Waals surface area (Å²) < 4.78 is 0.988. The van der Waals surface area contributed by atoms with Crippen LogP contribution in [0.2, 0.25) is 0 Å². The Balaban J connectivity index is 1.87. The van der Waals surface area contributed by atoms with Gasteiger partial charge in [-0.3, -0.25) is 9.59 Å². The van der Waals surface area contributed by atoms with Gasteiger partial charge < -0.3 is 10.6 Å². The molecule has 0 fully saturated rings. The number of amides is 2. The molecule has 4 nitrogen and oxygen atoms in total. The third kappa shape index (κ3) is 5.73. The van der Waals surface area contributed by atoms with E-state index >= 15 is 0 Å². The first kappa shape index (κ1) is 17.6. The molecule has 2 aromatic rings. The highest BCUT2D eigenvalue weighted by Crippen LogP contribution is 2.22. The number of carbonyl (C=O) groups excluding carboxylic acids is 2. The second-order valence-electron chi connectivity index (χ2n) is 5.00. The lowest BCUT2D eigenvalue weighted by molar-refractivity contribution is -0.114. The molecule has 0 heterocycles. The molecule has 2 rings (SSSR count). The summed E-state index contributed by atoms with van der Waals surface area (Å²) in [4.78, 5) is 24.0. The van der Waals surface area contributed by atoms with Crippen molar-refractivity contribution in [1.82, 2.24) is 0 Å². The Hall–Kier alpha value is -1.79. The molecule has 0 bridgehead atoms. The molecular weight excluding hydrogens is 376 g/mol. The van der Waals surface area contributed by atoms with E-state index in [1.54, 1.807) is 0 Å². The fraction of sp³-hybridized carbons (Fsp3) is 0.176. The van der Waals surface area contributed by atoms with Gasteiger partial charge in [-0.1, -0.05) is 15.9 Å². The van der Waals surface area contributed by atoms with E-state index in [2.05, 4.69) is 26.6 Å². The molecule has 0 saturated carbocycles. The van der Waals surface area contributed by atoms with Crippen molar-refractivity contribution in [3.05, 3.63) is 52.5 Å². The number of anilines is 2. The Bertz CT molecular complexity index is 717. The van der Waals surface area contributed by atoms with E-state index in [9.17, 15) is 9.59 Å². The Morgan fingerprint density at radius 3 is 2.39 bits per heavy atom. The smallest absolute Gasteiger partial charge is 0.234 e. The van der Waals surface area contributed by atoms with Crippen molar-refractivity contribution in [3.63, 3.8) is 0 Å². The van der Waals surface area contributed by atoms with Gasteiger partial charge in [-0.05, 0) is 55.0 Å². The molecule has 0 saturated heterocycles. The van der Waals surface area contributed by atoms with Crippen LogP contribution in [-0.4, -0.2) is 17.6 Å². The van der Waals surface area contributed by atoms with Crippen molar-refractivity contribution in [3.8, 4) is 0 Å². The van der Waals surface area contributed by atoms with Crippen LogP contribution in [0.25, 0.3) is 0 Å². The molecule has 0 aromatic heterocycles. The molecule has 6 heteroatoms. The van der Waals surface area contributed by atoms with Crippen molar-refractivity contribution >= 4 is 50.9 Å². The number of carbonyl (C=O) groups is 2. The SMILES string of the molecule is CC(=O)Nc1ccc(SCC(=O)Nc2ccc(Br)cc2C)cc1. The molecule has 0 aliphatic rings. The van der Waals surface area contributed by atoms with Gasteiger partial charge >= 0.3 is 0 Å². The number of benzene rings is 2. The van der Waals surface area contributed by atoms with Gasteiger partial charge in [0.1, 0.15) is 0 Å². The minimum atomic E-state index is -0.102. The Morgan fingerprint density at radius 2 is 1.78 bits per heavy atom. The van der Waals surface area contributed by atoms with E-state index < -0.39 is 0 Å². The molecule has 2 aromatic carbocycles. The van der Waals surface area contributed by atoms with Crippen molar-refractivity contribution in [2.24, 2.45) is 0 Å². The van der Waals surface area contributed by atoms with Crippen molar-refractivity contribution in [2.45, 2.75) is 18.7 Å². The first-order chi connectivity index (χ1) is 10.9. The molecule has 2 amide bonds. The summed E-state index contributed by atoms with van der Waals surface area (Å²) in [7, 11) is 0. The highest BCUT2D eigenvalue weighted by Gasteiger charge is 2.06. The van der Waals surface area contributed by atoms with E-state index in [4.69, 9.17) is 0 Å². The lowest BCUT2D eigenvalue weighted by atomic mass is 10.2. The fourth-order valence-corrected chi connectivity index (χ4v) is 3.11. The number of hydrogen-bond acceptors (Lipinski definition) is 3. The fourth-order valence-electron chi connectivity index (χ4n) is 1.94. The molecule has 0 aliphatic heterocycles. The predicted molar refractivity (Wildman–Crippen MR) is 99.0 cm³/mol. The van der Waals surface area contributed by atoms with Gasteiger partial charge in [0.15, 0.2) is 0 Å². The zero-order chi connectivity index (χ0) is 16.8. The molecule has 0 atom stereocenters. The molecule has 0 unspecified atom stereocenters. The standard InChI is InChI=1S/C17H17BrN2O2S/c1-11-9-13(18)3-8-16(11)20-17(22)10-23-15-6-4-14(5-7-15)19-12(2)21/h3-9H,10H2,1-2H3,(H,19,21)(H,20,22). The minimum Gasteiger partial charge on any atom is -0.326 e. The number of rotatable bonds is 5. The molecule has 0 spiro atoms. The minimum absolute atomic E-state index is 0.0497. The highest BCUT2D eigenvalue weighted by molar-refractivity contribution is 9.10. The summed E-state index contributed by atoms with van der Waals surface area (Å²) in [6.45, 7) is 3.42. The van der Waals surface area contributed by atoms with Gasteiger partial charge in [0.25, 0.3) is 0 Å². The Morgan fingerprint density at radius 1 is 1.09 bits per heavy atom. The molecule has 0 aliphatic carbocycles. The van der Waals surface area contributed by atoms with Gasteiger partial charge in [0, 0.05) is 27.7 Å². The zero-order valence-corrected chi connectivity index (χ0v) is 15.3. The van der Waals surface area contributed by atoms with Gasteiger partial charge in [-0.25, -0.2) is 0 Å². The summed E-state index contributed by atoms with van der Waals surface area (Å²) in [5.41, 5.74) is 2.58. The summed E-state index contributed by atoms with van der Waals surface area (Å²) in [5.74, 6) is 0.177. The molecule has 23 heavy (non-hydrogen) atoms. The zero-order valence-electron chi connectivity index (χ0n) is 12.9. The van der Waals surface area contributed by atoms with Gasteiger partial charge in [0.2, 0.25) is 11.8 Å². The number of nitrogens with one attached hydrogen (secondary N) is 2. The molecule has 2 N–H and O–H groups in total. The maximum atomic E-state index is 12.0. The van der Waals surface area contributed by atoms with E-state index in [0.29, 0.717) is 5.75 Å². The van der Waals surface area contributed by atoms with E-state index in [-0.39, 0.29) is 11.8 Å². The van der Waals surface area contributed by atoms with Gasteiger partial charge in [-0.15, -0.1) is 11.8 Å². The molecule has 0 radical (unpaired) electrons. The number of halogens is 1. The first-order valence-corrected chi connectivity index (χ1v) is 8.78. The molecule has 120 valence electrons. The third-order valence-corrected chi connectivity index (χ3v) is 4.51. The number of aryl methyl sites for hydroxylation is 1. The normalized spacial score (nSPS) is 10.2. The number of hydrogen-bond donors (Lipinski definition) is 2. The maximum absolute atomic E-state index is 12.0. The van der Waals surface area contributed by atoms with E-state index in [1.807, 2.05) is 49.4 Å². The van der Waals surface area contributed by atoms with E-state index in [1.165, 1.54) is 18.7 Å². The second kappa shape index (κ2) is 8.17. The van der Waals surface area contributed by atoms with Gasteiger partial charge in [0.05, 0.1) is 5.75 Å². The summed E-state index contributed by atoms with van der Waals surface area (Å²) in [6, 6.07) is 13.1. The average molecular weight is 393 g/mol. The Labute approximate surface area is 148 Å². The quantitative estimate of drug-likeness (QED) is 0.739. The van der Waals surface area contributed by atoms with Crippen LogP contribution >= 0.6 is 27.7 Å². The second-order valence-corrected chi connectivity index (χ2v) is 6.97. The summed E-state index contributed by atoms with van der Waals surface area (Å²) in [5, 5.41) is 5.62. The van der Waals surface area contributed by atoms with Crippen molar-refractivity contribution in [2.75, 3.05) is 16.4 Å². The predicted octanol–water partition coefficient (Wildman–Crippen LogP) is 4.45. The maximum Gasteiger partial charge on any atom is 0.234 e. The van der Waals surface area contributed by atoms with Gasteiger partial charge in [-0.2, -0.15) is 0 Å². The Kier molecular flexibility index (Phi) is 6.24. The lowest BCUT2D eigenvalue weighted by Gasteiger charge is -2.09. The average Bonchev–Trinajstić information content (AvgIpc) is 2.49. The van der Waals surface area contributed by atoms with Crippen LogP contribution in [-0.2, 0) is 9.59 Å². The lowest BCUT2D eigenvalue weighted by Crippen LogP contribution is -2.14. The number of thioether (sulfide) groups is 1. The van der Waals surface area contributed by atoms with Crippen molar-refractivity contribution in [1.29, 1.82) is 0 Å². The van der Waals surface area contributed by atoms with Crippen LogP contribution in [0.15, 0.2) is 51.8 Å². The van der Waals surface area contributed by atoms with Crippen LogP contribution < -0.4 is 10.6 Å². The van der Waals surface area contributed by atoms with Crippen molar-refractivity contribution < 1.29 is 9.59 Å². The molecular formula is C17H17BrN2O2S. The highest BCUT2D eigenvalue weighted by atomic mass is 79.9.